The average Bonchev–Trinajstić information content (AvgIpc) is 3.66. The van der Waals surface area contributed by atoms with Crippen molar-refractivity contribution in [2.75, 3.05) is 59.5 Å². The normalized spacial score (nSPS) is 20.3. The standard InChI is InChI=1S/C33H43N3O12/c1-19(39)47-24-11-22(17-37)35(15-24)32(41)21-6-7-28(29(10-21)43-3)45-8-5-9-46-31-14-27(34)26(13-30(31)44-4)33(42)36-16-25(48-20(2)40)12-23(36)18-38/h6-7,10,13-14,22-25,37-38H,5,8-9,11-12,15-18,34H2,1-4H3/t22-,23-,24+,25?/m0/s1. The summed E-state index contributed by atoms with van der Waals surface area (Å²) in [5, 5.41) is 19.6. The van der Waals surface area contributed by atoms with Crippen molar-refractivity contribution in [3.05, 3.63) is 41.5 Å². The zero-order valence-electron chi connectivity index (χ0n) is 27.5. The van der Waals surface area contributed by atoms with Crippen LogP contribution in [-0.4, -0.2) is 122 Å². The number of hydrogen-bond donors (Lipinski definition) is 3. The van der Waals surface area contributed by atoms with Gasteiger partial charge < -0.3 is 54.2 Å². The topological polar surface area (TPSA) is 197 Å². The van der Waals surface area contributed by atoms with Crippen molar-refractivity contribution >= 4 is 29.4 Å². The van der Waals surface area contributed by atoms with Crippen LogP contribution in [0, 0.1) is 0 Å². The van der Waals surface area contributed by atoms with Crippen LogP contribution in [-0.2, 0) is 19.1 Å². The Labute approximate surface area is 278 Å². The Morgan fingerprint density at radius 1 is 0.750 bits per heavy atom. The molecule has 2 aromatic rings. The zero-order valence-corrected chi connectivity index (χ0v) is 27.5. The number of amides is 2. The summed E-state index contributed by atoms with van der Waals surface area (Å²) >= 11 is 0. The van der Waals surface area contributed by atoms with E-state index >= 15 is 0 Å². The molecule has 2 amide bonds. The number of likely N-dealkylation sites (tertiary alicyclic amines) is 2. The molecular formula is C33H43N3O12. The van der Waals surface area contributed by atoms with Crippen LogP contribution in [0.2, 0.25) is 0 Å². The third-order valence-electron chi connectivity index (χ3n) is 8.14. The first kappa shape index (κ1) is 36.1. The minimum atomic E-state index is -0.524. The summed E-state index contributed by atoms with van der Waals surface area (Å²) in [4.78, 5) is 52.3. The summed E-state index contributed by atoms with van der Waals surface area (Å²) in [5.74, 6) is -0.305. The summed E-state index contributed by atoms with van der Waals surface area (Å²) in [5.41, 5.74) is 6.89. The first-order valence-electron chi connectivity index (χ1n) is 15.6. The zero-order chi connectivity index (χ0) is 35.0. The third kappa shape index (κ3) is 8.58. The molecule has 262 valence electrons. The molecule has 0 aliphatic carbocycles. The number of aliphatic hydroxyl groups excluding tert-OH is 2. The fourth-order valence-electron chi connectivity index (χ4n) is 5.93. The van der Waals surface area contributed by atoms with Gasteiger partial charge in [-0.15, -0.1) is 0 Å². The Bertz CT molecular complexity index is 1480. The predicted octanol–water partition coefficient (Wildman–Crippen LogP) is 1.41. The Morgan fingerprint density at radius 3 is 1.79 bits per heavy atom. The highest BCUT2D eigenvalue weighted by molar-refractivity contribution is 6.00. The minimum absolute atomic E-state index is 0.133. The van der Waals surface area contributed by atoms with Crippen LogP contribution in [0.15, 0.2) is 30.3 Å². The number of ether oxygens (including phenoxy) is 6. The second-order valence-corrected chi connectivity index (χ2v) is 11.5. The molecule has 4 rings (SSSR count). The van der Waals surface area contributed by atoms with Gasteiger partial charge in [-0.1, -0.05) is 0 Å². The van der Waals surface area contributed by atoms with Crippen LogP contribution in [0.4, 0.5) is 5.69 Å². The van der Waals surface area contributed by atoms with E-state index in [1.165, 1.54) is 50.0 Å². The van der Waals surface area contributed by atoms with Crippen LogP contribution in [0.1, 0.15) is 53.8 Å². The van der Waals surface area contributed by atoms with Gasteiger partial charge in [0.25, 0.3) is 11.8 Å². The van der Waals surface area contributed by atoms with Crippen LogP contribution >= 0.6 is 0 Å². The third-order valence-corrected chi connectivity index (χ3v) is 8.14. The molecular weight excluding hydrogens is 630 g/mol. The van der Waals surface area contributed by atoms with Gasteiger partial charge in [-0.2, -0.15) is 0 Å². The van der Waals surface area contributed by atoms with Crippen LogP contribution in [0.5, 0.6) is 23.0 Å². The summed E-state index contributed by atoms with van der Waals surface area (Å²) < 4.78 is 33.2. The maximum absolute atomic E-state index is 13.4. The molecule has 2 aromatic carbocycles. The lowest BCUT2D eigenvalue weighted by atomic mass is 10.1. The number of carbonyl (C=O) groups is 4. The highest BCUT2D eigenvalue weighted by Gasteiger charge is 2.38. The van der Waals surface area contributed by atoms with E-state index in [0.29, 0.717) is 42.1 Å². The van der Waals surface area contributed by atoms with Gasteiger partial charge in [0.2, 0.25) is 0 Å². The van der Waals surface area contributed by atoms with Gasteiger partial charge >= 0.3 is 11.9 Å². The Morgan fingerprint density at radius 2 is 1.27 bits per heavy atom. The largest absolute Gasteiger partial charge is 0.493 e. The van der Waals surface area contributed by atoms with Crippen molar-refractivity contribution in [2.24, 2.45) is 0 Å². The van der Waals surface area contributed by atoms with Gasteiger partial charge in [0.05, 0.1) is 71.4 Å². The highest BCUT2D eigenvalue weighted by atomic mass is 16.6. The number of carbonyl (C=O) groups excluding carboxylic acids is 4. The smallest absolute Gasteiger partial charge is 0.302 e. The van der Waals surface area contributed by atoms with E-state index in [2.05, 4.69) is 0 Å². The number of methoxy groups -OCH3 is 2. The molecule has 1 unspecified atom stereocenters. The number of aliphatic hydroxyl groups is 2. The monoisotopic (exact) mass is 673 g/mol. The highest BCUT2D eigenvalue weighted by Crippen LogP contribution is 2.35. The average molecular weight is 674 g/mol. The maximum atomic E-state index is 13.4. The van der Waals surface area contributed by atoms with Crippen molar-refractivity contribution < 1.29 is 57.8 Å². The maximum Gasteiger partial charge on any atom is 0.302 e. The number of rotatable bonds is 14. The number of anilines is 1. The predicted molar refractivity (Wildman–Crippen MR) is 170 cm³/mol. The van der Waals surface area contributed by atoms with E-state index < -0.39 is 42.1 Å². The van der Waals surface area contributed by atoms with Gasteiger partial charge in [-0.05, 0) is 24.3 Å². The van der Waals surface area contributed by atoms with Crippen molar-refractivity contribution in [2.45, 2.75) is 57.4 Å². The van der Waals surface area contributed by atoms with E-state index in [-0.39, 0.29) is 62.4 Å². The van der Waals surface area contributed by atoms with Crippen LogP contribution in [0.3, 0.4) is 0 Å². The van der Waals surface area contributed by atoms with Gasteiger partial charge in [-0.25, -0.2) is 0 Å². The first-order valence-corrected chi connectivity index (χ1v) is 15.6. The number of benzene rings is 2. The molecule has 2 aliphatic rings. The molecule has 0 saturated carbocycles. The van der Waals surface area contributed by atoms with E-state index in [4.69, 9.17) is 34.2 Å². The Hall–Kier alpha value is -4.76. The summed E-state index contributed by atoms with van der Waals surface area (Å²) in [6.45, 7) is 2.81. The first-order chi connectivity index (χ1) is 23.0. The van der Waals surface area contributed by atoms with Gasteiger partial charge in [-0.3, -0.25) is 19.2 Å². The van der Waals surface area contributed by atoms with E-state index in [9.17, 15) is 29.4 Å². The number of esters is 2. The fourth-order valence-corrected chi connectivity index (χ4v) is 5.93. The molecule has 0 bridgehead atoms. The lowest BCUT2D eigenvalue weighted by Crippen LogP contribution is -2.38. The molecule has 0 aromatic heterocycles. The second kappa shape index (κ2) is 16.4. The molecule has 0 radical (unpaired) electrons. The molecule has 2 fully saturated rings. The summed E-state index contributed by atoms with van der Waals surface area (Å²) in [6, 6.07) is 6.75. The molecule has 2 heterocycles. The Balaban J connectivity index is 1.33. The lowest BCUT2D eigenvalue weighted by molar-refractivity contribution is -0.146. The number of nitrogens with zero attached hydrogens (tertiary/aromatic N) is 2. The lowest BCUT2D eigenvalue weighted by Gasteiger charge is -2.24. The second-order valence-electron chi connectivity index (χ2n) is 11.5. The molecule has 4 atom stereocenters. The van der Waals surface area contributed by atoms with E-state index in [0.717, 1.165) is 0 Å². The van der Waals surface area contributed by atoms with Crippen molar-refractivity contribution in [3.8, 4) is 23.0 Å². The summed E-state index contributed by atoms with van der Waals surface area (Å²) in [6.07, 6.45) is 0.116. The van der Waals surface area contributed by atoms with Crippen LogP contribution in [0.25, 0.3) is 0 Å². The Kier molecular flexibility index (Phi) is 12.3. The molecule has 2 saturated heterocycles. The minimum Gasteiger partial charge on any atom is -0.493 e. The molecule has 15 heteroatoms. The molecule has 15 nitrogen and oxygen atoms in total. The van der Waals surface area contributed by atoms with Crippen molar-refractivity contribution in [1.29, 1.82) is 0 Å². The van der Waals surface area contributed by atoms with Gasteiger partial charge in [0.1, 0.15) is 12.2 Å². The quantitative estimate of drug-likeness (QED) is 0.148. The van der Waals surface area contributed by atoms with Crippen LogP contribution < -0.4 is 24.7 Å². The van der Waals surface area contributed by atoms with Crippen molar-refractivity contribution in [3.63, 3.8) is 0 Å². The van der Waals surface area contributed by atoms with E-state index in [1.54, 1.807) is 18.2 Å². The number of nitrogens with two attached hydrogens (primary N) is 1. The van der Waals surface area contributed by atoms with Crippen molar-refractivity contribution in [1.82, 2.24) is 9.80 Å². The SMILES string of the molecule is COc1cc(C(=O)N2C[C@H](OC(C)=O)C[C@H]2CO)ccc1OCCCOc1cc(N)c(C(=O)N2CC(OC(C)=O)C[C@H]2CO)cc1OC. The van der Waals surface area contributed by atoms with E-state index in [1.807, 2.05) is 0 Å². The van der Waals surface area contributed by atoms with Gasteiger partial charge in [0.15, 0.2) is 23.0 Å². The number of hydrogen-bond acceptors (Lipinski definition) is 13. The molecule has 4 N–H and O–H groups in total. The molecule has 48 heavy (non-hydrogen) atoms. The summed E-state index contributed by atoms with van der Waals surface area (Å²) in [7, 11) is 2.89. The molecule has 2 aliphatic heterocycles. The fraction of sp³-hybridized carbons (Fsp3) is 0.515. The number of nitrogen functional groups attached to an aromatic ring is 1. The molecule has 0 spiro atoms. The van der Waals surface area contributed by atoms with Gasteiger partial charge in [0, 0.05) is 50.4 Å².